The second-order valence-corrected chi connectivity index (χ2v) is 15.7. The average Bonchev–Trinajstić information content (AvgIpc) is 3.88. The number of furan rings is 1. The van der Waals surface area contributed by atoms with Gasteiger partial charge < -0.3 is 13.9 Å². The van der Waals surface area contributed by atoms with E-state index in [0.29, 0.717) is 0 Å². The number of nitrogens with zero attached hydrogens (tertiary/aromatic N) is 2. The highest BCUT2D eigenvalue weighted by atomic mass is 16.3. The minimum absolute atomic E-state index is 0.880. The predicted molar refractivity (Wildman–Crippen MR) is 257 cm³/mol. The van der Waals surface area contributed by atoms with E-state index in [4.69, 9.17) is 4.42 Å². The summed E-state index contributed by atoms with van der Waals surface area (Å²) in [4.78, 5) is 2.38. The van der Waals surface area contributed by atoms with Crippen LogP contribution in [-0.2, 0) is 0 Å². The molecule has 3 heteroatoms. The van der Waals surface area contributed by atoms with E-state index < -0.39 is 0 Å². The first-order valence-corrected chi connectivity index (χ1v) is 20.8. The van der Waals surface area contributed by atoms with E-state index in [1.807, 2.05) is 12.1 Å². The lowest BCUT2D eigenvalue weighted by Crippen LogP contribution is -2.11. The Balaban J connectivity index is 0.973. The van der Waals surface area contributed by atoms with Crippen LogP contribution < -0.4 is 4.90 Å². The van der Waals surface area contributed by atoms with E-state index in [9.17, 15) is 0 Å². The molecule has 0 spiro atoms. The molecule has 286 valence electrons. The van der Waals surface area contributed by atoms with Crippen LogP contribution in [0.2, 0.25) is 0 Å². The molecule has 3 nitrogen and oxygen atoms in total. The standard InChI is InChI=1S/C58H38N2O/c1-2-13-41-37-44(25-24-39(41)12-1)43-15-11-14-42(36-43)40-26-29-46(30-27-40)59(47-31-33-48(34-32-47)60-55-21-8-4-17-50(55)51-18-5-9-22-56(51)60)54-20-7-3-16-49(54)45-28-35-53-52-19-6-10-23-57(52)61-58(53)38-45/h1-38H. The second-order valence-electron chi connectivity index (χ2n) is 15.7. The largest absolute Gasteiger partial charge is 0.456 e. The van der Waals surface area contributed by atoms with Crippen molar-refractivity contribution in [1.82, 2.24) is 4.57 Å². The number of hydrogen-bond acceptors (Lipinski definition) is 2. The molecule has 0 saturated carbocycles. The number of anilines is 3. The van der Waals surface area contributed by atoms with Crippen molar-refractivity contribution in [3.63, 3.8) is 0 Å². The summed E-state index contributed by atoms with van der Waals surface area (Å²) in [5.41, 5.74) is 15.5. The predicted octanol–water partition coefficient (Wildman–Crippen LogP) is 16.3. The van der Waals surface area contributed by atoms with Crippen molar-refractivity contribution in [3.8, 4) is 39.1 Å². The molecule has 61 heavy (non-hydrogen) atoms. The van der Waals surface area contributed by atoms with Gasteiger partial charge in [0.15, 0.2) is 0 Å². The van der Waals surface area contributed by atoms with Crippen molar-refractivity contribution in [2.45, 2.75) is 0 Å². The monoisotopic (exact) mass is 778 g/mol. The highest BCUT2D eigenvalue weighted by Crippen LogP contribution is 2.43. The van der Waals surface area contributed by atoms with Crippen molar-refractivity contribution in [3.05, 3.63) is 231 Å². The Morgan fingerprint density at radius 1 is 0.328 bits per heavy atom. The van der Waals surface area contributed by atoms with Gasteiger partial charge in [0, 0.05) is 44.2 Å². The zero-order valence-electron chi connectivity index (χ0n) is 33.2. The van der Waals surface area contributed by atoms with Gasteiger partial charge in [0.05, 0.1) is 16.7 Å². The van der Waals surface area contributed by atoms with Crippen LogP contribution in [0.3, 0.4) is 0 Å². The maximum atomic E-state index is 6.39. The van der Waals surface area contributed by atoms with Crippen LogP contribution in [0.5, 0.6) is 0 Å². The van der Waals surface area contributed by atoms with Crippen LogP contribution in [-0.4, -0.2) is 4.57 Å². The normalized spacial score (nSPS) is 11.6. The molecule has 0 radical (unpaired) electrons. The summed E-state index contributed by atoms with van der Waals surface area (Å²) >= 11 is 0. The molecule has 0 fully saturated rings. The summed E-state index contributed by atoms with van der Waals surface area (Å²) in [7, 11) is 0. The van der Waals surface area contributed by atoms with Crippen molar-refractivity contribution in [2.24, 2.45) is 0 Å². The van der Waals surface area contributed by atoms with Gasteiger partial charge >= 0.3 is 0 Å². The Bertz CT molecular complexity index is 3540. The zero-order chi connectivity index (χ0) is 40.3. The summed E-state index contributed by atoms with van der Waals surface area (Å²) < 4.78 is 8.76. The molecule has 0 saturated heterocycles. The summed E-state index contributed by atoms with van der Waals surface area (Å²) in [5, 5.41) is 7.25. The van der Waals surface area contributed by atoms with E-state index in [1.165, 1.54) is 49.3 Å². The lowest BCUT2D eigenvalue weighted by molar-refractivity contribution is 0.669. The van der Waals surface area contributed by atoms with Crippen LogP contribution in [0.1, 0.15) is 0 Å². The fourth-order valence-corrected chi connectivity index (χ4v) is 9.24. The number of fused-ring (bicyclic) bond motifs is 7. The number of para-hydroxylation sites is 4. The Morgan fingerprint density at radius 2 is 0.885 bits per heavy atom. The van der Waals surface area contributed by atoms with E-state index in [1.54, 1.807) is 0 Å². The first kappa shape index (κ1) is 34.9. The van der Waals surface area contributed by atoms with Crippen LogP contribution in [0.15, 0.2) is 235 Å². The molecule has 2 aromatic heterocycles. The van der Waals surface area contributed by atoms with Gasteiger partial charge in [-0.3, -0.25) is 0 Å². The number of aromatic nitrogens is 1. The molecule has 0 aliphatic heterocycles. The highest BCUT2D eigenvalue weighted by molar-refractivity contribution is 6.09. The van der Waals surface area contributed by atoms with Crippen molar-refractivity contribution in [1.29, 1.82) is 0 Å². The smallest absolute Gasteiger partial charge is 0.136 e. The molecular formula is C58H38N2O. The van der Waals surface area contributed by atoms with Gasteiger partial charge in [-0.2, -0.15) is 0 Å². The SMILES string of the molecule is c1cc(-c2ccc(N(c3ccc(-n4c5ccccc5c5ccccc54)cc3)c3ccccc3-c3ccc4c(c3)oc3ccccc34)cc2)cc(-c2ccc3ccccc3c2)c1. The molecule has 0 N–H and O–H groups in total. The van der Waals surface area contributed by atoms with Gasteiger partial charge in [-0.05, 0) is 124 Å². The van der Waals surface area contributed by atoms with Gasteiger partial charge in [-0.25, -0.2) is 0 Å². The number of hydrogen-bond donors (Lipinski definition) is 0. The van der Waals surface area contributed by atoms with Gasteiger partial charge in [0.25, 0.3) is 0 Å². The van der Waals surface area contributed by atoms with Crippen LogP contribution in [0, 0.1) is 0 Å². The molecule has 0 unspecified atom stereocenters. The van der Waals surface area contributed by atoms with E-state index in [0.717, 1.165) is 61.4 Å². The van der Waals surface area contributed by atoms with Crippen LogP contribution >= 0.6 is 0 Å². The Hall–Kier alpha value is -8.14. The molecule has 10 aromatic carbocycles. The molecule has 12 aromatic rings. The molecule has 2 heterocycles. The number of benzene rings is 10. The third-order valence-corrected chi connectivity index (χ3v) is 12.2. The van der Waals surface area contributed by atoms with Crippen molar-refractivity contribution < 1.29 is 4.42 Å². The van der Waals surface area contributed by atoms with Crippen molar-refractivity contribution >= 4 is 71.6 Å². The summed E-state index contributed by atoms with van der Waals surface area (Å²) in [6.45, 7) is 0. The summed E-state index contributed by atoms with van der Waals surface area (Å²) in [6.07, 6.45) is 0. The van der Waals surface area contributed by atoms with E-state index in [-0.39, 0.29) is 0 Å². The minimum Gasteiger partial charge on any atom is -0.456 e. The molecule has 0 aliphatic rings. The Morgan fingerprint density at radius 3 is 1.66 bits per heavy atom. The van der Waals surface area contributed by atoms with Gasteiger partial charge in [-0.15, -0.1) is 0 Å². The molecular weight excluding hydrogens is 741 g/mol. The van der Waals surface area contributed by atoms with Gasteiger partial charge in [0.2, 0.25) is 0 Å². The third kappa shape index (κ3) is 5.98. The maximum Gasteiger partial charge on any atom is 0.136 e. The van der Waals surface area contributed by atoms with Gasteiger partial charge in [0.1, 0.15) is 11.2 Å². The summed E-state index contributed by atoms with van der Waals surface area (Å²) in [6, 6.07) is 83.0. The van der Waals surface area contributed by atoms with Gasteiger partial charge in [-0.1, -0.05) is 146 Å². The Labute approximate surface area is 353 Å². The maximum absolute atomic E-state index is 6.39. The Kier molecular flexibility index (Phi) is 8.17. The van der Waals surface area contributed by atoms with E-state index >= 15 is 0 Å². The van der Waals surface area contributed by atoms with Crippen LogP contribution in [0.4, 0.5) is 17.1 Å². The molecule has 0 atom stereocenters. The fourth-order valence-electron chi connectivity index (χ4n) is 9.24. The average molecular weight is 779 g/mol. The lowest BCUT2D eigenvalue weighted by atomic mass is 9.97. The minimum atomic E-state index is 0.880. The summed E-state index contributed by atoms with van der Waals surface area (Å²) in [5.74, 6) is 0. The first-order chi connectivity index (χ1) is 30.2. The van der Waals surface area contributed by atoms with Crippen molar-refractivity contribution in [2.75, 3.05) is 4.90 Å². The molecule has 0 amide bonds. The fraction of sp³-hybridized carbons (Fsp3) is 0. The topological polar surface area (TPSA) is 21.3 Å². The van der Waals surface area contributed by atoms with E-state index in [2.05, 4.69) is 228 Å². The zero-order valence-corrected chi connectivity index (χ0v) is 33.2. The van der Waals surface area contributed by atoms with Crippen LogP contribution in [0.25, 0.3) is 93.6 Å². The first-order valence-electron chi connectivity index (χ1n) is 20.8. The lowest BCUT2D eigenvalue weighted by Gasteiger charge is -2.28. The molecule has 0 aliphatic carbocycles. The second kappa shape index (κ2) is 14.3. The number of rotatable bonds is 7. The molecule has 0 bridgehead atoms. The third-order valence-electron chi connectivity index (χ3n) is 12.2. The quantitative estimate of drug-likeness (QED) is 0.161. The highest BCUT2D eigenvalue weighted by Gasteiger charge is 2.20. The molecule has 12 rings (SSSR count).